The van der Waals surface area contributed by atoms with Crippen molar-refractivity contribution in [2.45, 2.75) is 44.1 Å². The summed E-state index contributed by atoms with van der Waals surface area (Å²) in [4.78, 5) is 23.2. The summed E-state index contributed by atoms with van der Waals surface area (Å²) in [6.07, 6.45) is 10.1. The Hall–Kier alpha value is -3.68. The minimum absolute atomic E-state index is 0.0281. The molecular formula is C26H26FN5O2. The summed E-state index contributed by atoms with van der Waals surface area (Å²) in [5.74, 6) is 0.636. The van der Waals surface area contributed by atoms with Gasteiger partial charge in [-0.3, -0.25) is 9.20 Å². The van der Waals surface area contributed by atoms with Crippen LogP contribution in [-0.2, 0) is 0 Å². The van der Waals surface area contributed by atoms with Crippen LogP contribution in [0, 0.1) is 5.82 Å². The fourth-order valence-electron chi connectivity index (χ4n) is 4.39. The van der Waals surface area contributed by atoms with Crippen LogP contribution in [-0.4, -0.2) is 38.8 Å². The van der Waals surface area contributed by atoms with E-state index in [2.05, 4.69) is 22.1 Å². The molecule has 4 aromatic rings. The van der Waals surface area contributed by atoms with E-state index in [0.29, 0.717) is 29.1 Å². The van der Waals surface area contributed by atoms with Crippen LogP contribution in [0.15, 0.2) is 42.9 Å². The predicted octanol–water partition coefficient (Wildman–Crippen LogP) is 4.86. The first-order chi connectivity index (χ1) is 16.5. The van der Waals surface area contributed by atoms with Gasteiger partial charge in [-0.1, -0.05) is 31.4 Å². The smallest absolute Gasteiger partial charge is 0.257 e. The van der Waals surface area contributed by atoms with Crippen LogP contribution in [0.5, 0.6) is 5.75 Å². The number of hydrogen-bond acceptors (Lipinski definition) is 5. The number of nitrogens with two attached hydrogens (primary N) is 1. The molecule has 1 unspecified atom stereocenters. The fourth-order valence-corrected chi connectivity index (χ4v) is 4.39. The van der Waals surface area contributed by atoms with Crippen molar-refractivity contribution in [2.24, 2.45) is 0 Å². The van der Waals surface area contributed by atoms with Gasteiger partial charge in [0.25, 0.3) is 5.91 Å². The van der Waals surface area contributed by atoms with Crippen LogP contribution in [0.3, 0.4) is 0 Å². The van der Waals surface area contributed by atoms with Gasteiger partial charge in [-0.15, -0.1) is 0 Å². The molecular weight excluding hydrogens is 433 g/mol. The Bertz CT molecular complexity index is 1420. The van der Waals surface area contributed by atoms with E-state index in [-0.39, 0.29) is 17.4 Å². The SMILES string of the molecule is C1CC1.CN(C(=O)c1cc2c(cc1F)nc(N)c1cncn12)C1COc2cc(C3CC3)ccc21. The maximum atomic E-state index is 14.9. The van der Waals surface area contributed by atoms with Crippen molar-refractivity contribution in [2.75, 3.05) is 19.4 Å². The first kappa shape index (κ1) is 20.9. The van der Waals surface area contributed by atoms with E-state index < -0.39 is 11.7 Å². The van der Waals surface area contributed by atoms with Crippen LogP contribution in [0.25, 0.3) is 16.6 Å². The number of nitrogen functional groups attached to an aromatic ring is 1. The van der Waals surface area contributed by atoms with Gasteiger partial charge < -0.3 is 15.4 Å². The highest BCUT2D eigenvalue weighted by Crippen LogP contribution is 2.44. The zero-order chi connectivity index (χ0) is 23.4. The zero-order valence-electron chi connectivity index (χ0n) is 19.0. The van der Waals surface area contributed by atoms with Crippen molar-refractivity contribution in [3.8, 4) is 5.75 Å². The maximum Gasteiger partial charge on any atom is 0.257 e. The van der Waals surface area contributed by atoms with Gasteiger partial charge in [-0.2, -0.15) is 0 Å². The average Bonchev–Trinajstić information content (AvgIpc) is 3.78. The molecule has 7 nitrogen and oxygen atoms in total. The van der Waals surface area contributed by atoms with Crippen molar-refractivity contribution < 1.29 is 13.9 Å². The average molecular weight is 460 g/mol. The van der Waals surface area contributed by atoms with Gasteiger partial charge in [0.1, 0.15) is 29.5 Å². The van der Waals surface area contributed by atoms with Gasteiger partial charge in [0.2, 0.25) is 0 Å². The Morgan fingerprint density at radius 2 is 1.97 bits per heavy atom. The van der Waals surface area contributed by atoms with Crippen LogP contribution >= 0.6 is 0 Å². The van der Waals surface area contributed by atoms with Crippen molar-refractivity contribution in [3.63, 3.8) is 0 Å². The predicted molar refractivity (Wildman–Crippen MR) is 127 cm³/mol. The summed E-state index contributed by atoms with van der Waals surface area (Å²) in [5.41, 5.74) is 9.68. The molecule has 1 aliphatic heterocycles. The van der Waals surface area contributed by atoms with E-state index in [0.717, 1.165) is 11.3 Å². The number of rotatable bonds is 3. The molecule has 34 heavy (non-hydrogen) atoms. The second-order valence-corrected chi connectivity index (χ2v) is 9.34. The van der Waals surface area contributed by atoms with Crippen LogP contribution in [0.2, 0.25) is 0 Å². The van der Waals surface area contributed by atoms with E-state index in [9.17, 15) is 9.18 Å². The highest BCUT2D eigenvalue weighted by Gasteiger charge is 2.33. The summed E-state index contributed by atoms with van der Waals surface area (Å²) in [5, 5.41) is 0. The second-order valence-electron chi connectivity index (χ2n) is 9.34. The lowest BCUT2D eigenvalue weighted by atomic mass is 10.0. The summed E-state index contributed by atoms with van der Waals surface area (Å²) in [6, 6.07) is 8.70. The lowest BCUT2D eigenvalue weighted by Crippen LogP contribution is -2.32. The molecule has 0 radical (unpaired) electrons. The van der Waals surface area contributed by atoms with Gasteiger partial charge in [0.05, 0.1) is 35.2 Å². The molecule has 1 atom stereocenters. The number of likely N-dealkylation sites (N-methyl/N-ethyl adjacent to an activating group) is 1. The number of carbonyl (C=O) groups excluding carboxylic acids is 1. The van der Waals surface area contributed by atoms with E-state index in [1.165, 1.54) is 49.8 Å². The van der Waals surface area contributed by atoms with Gasteiger partial charge in [-0.05, 0) is 36.5 Å². The molecule has 2 N–H and O–H groups in total. The van der Waals surface area contributed by atoms with E-state index in [4.69, 9.17) is 10.5 Å². The monoisotopic (exact) mass is 459 g/mol. The Kier molecular flexibility index (Phi) is 4.90. The van der Waals surface area contributed by atoms with Crippen LogP contribution in [0.1, 0.15) is 65.5 Å². The summed E-state index contributed by atoms with van der Waals surface area (Å²) < 4.78 is 22.5. The van der Waals surface area contributed by atoms with Gasteiger partial charge in [-0.25, -0.2) is 14.4 Å². The molecule has 174 valence electrons. The lowest BCUT2D eigenvalue weighted by molar-refractivity contribution is 0.0704. The van der Waals surface area contributed by atoms with Gasteiger partial charge >= 0.3 is 0 Å². The quantitative estimate of drug-likeness (QED) is 0.473. The molecule has 3 aliphatic rings. The van der Waals surface area contributed by atoms with Gasteiger partial charge in [0.15, 0.2) is 0 Å². The molecule has 2 saturated carbocycles. The third-order valence-corrected chi connectivity index (χ3v) is 6.68. The number of anilines is 1. The van der Waals surface area contributed by atoms with E-state index in [1.807, 2.05) is 6.07 Å². The summed E-state index contributed by atoms with van der Waals surface area (Å²) in [6.45, 7) is 0.352. The molecule has 0 bridgehead atoms. The Labute approximate surface area is 196 Å². The fraction of sp³-hybridized carbons (Fsp3) is 0.346. The number of aromatic nitrogens is 3. The van der Waals surface area contributed by atoms with Crippen molar-refractivity contribution in [1.29, 1.82) is 0 Å². The largest absolute Gasteiger partial charge is 0.491 e. The Morgan fingerprint density at radius 1 is 1.18 bits per heavy atom. The number of amides is 1. The number of benzene rings is 2. The standard InChI is InChI=1S/C23H20FN5O2.C3H6/c1-28(20-10-31-21-6-13(12-2-3-12)4-5-14(20)21)23(30)15-7-18-17(8-16(15)24)27-22(25)19-9-26-11-29(18)19;1-2-3-1/h4-9,11-12,20H,2-3,10H2,1H3,(H2,25,27);1-3H2. The highest BCUT2D eigenvalue weighted by molar-refractivity contribution is 5.98. The van der Waals surface area contributed by atoms with Crippen molar-refractivity contribution in [1.82, 2.24) is 19.3 Å². The topological polar surface area (TPSA) is 85.8 Å². The Balaban J connectivity index is 0.000000674. The molecule has 2 fully saturated rings. The number of halogens is 1. The zero-order valence-corrected chi connectivity index (χ0v) is 19.0. The normalized spacial score (nSPS) is 18.2. The lowest BCUT2D eigenvalue weighted by Gasteiger charge is -2.24. The third-order valence-electron chi connectivity index (χ3n) is 6.68. The van der Waals surface area contributed by atoms with Crippen LogP contribution < -0.4 is 10.5 Å². The summed E-state index contributed by atoms with van der Waals surface area (Å²) >= 11 is 0. The molecule has 8 heteroatoms. The maximum absolute atomic E-state index is 14.9. The second kappa shape index (κ2) is 7.97. The van der Waals surface area contributed by atoms with E-state index in [1.54, 1.807) is 28.9 Å². The number of ether oxygens (including phenoxy) is 1. The first-order valence-electron chi connectivity index (χ1n) is 11.8. The summed E-state index contributed by atoms with van der Waals surface area (Å²) in [7, 11) is 1.68. The van der Waals surface area contributed by atoms with E-state index >= 15 is 0 Å². The first-order valence-corrected chi connectivity index (χ1v) is 11.8. The highest BCUT2D eigenvalue weighted by atomic mass is 19.1. The molecule has 2 aromatic heterocycles. The minimum atomic E-state index is -0.640. The number of hydrogen-bond donors (Lipinski definition) is 1. The minimum Gasteiger partial charge on any atom is -0.491 e. The molecule has 0 saturated heterocycles. The van der Waals surface area contributed by atoms with Crippen molar-refractivity contribution >= 4 is 28.3 Å². The molecule has 2 aromatic carbocycles. The number of nitrogens with zero attached hydrogens (tertiary/aromatic N) is 4. The number of carbonyl (C=O) groups is 1. The number of fused-ring (bicyclic) bond motifs is 4. The van der Waals surface area contributed by atoms with Crippen LogP contribution in [0.4, 0.5) is 10.2 Å². The molecule has 0 spiro atoms. The molecule has 1 amide bonds. The van der Waals surface area contributed by atoms with Gasteiger partial charge in [0, 0.05) is 18.7 Å². The molecule has 2 aliphatic carbocycles. The number of imidazole rings is 1. The molecule has 3 heterocycles. The molecule has 7 rings (SSSR count). The third kappa shape index (κ3) is 3.63. The van der Waals surface area contributed by atoms with Crippen molar-refractivity contribution in [3.05, 3.63) is 65.4 Å². The Morgan fingerprint density at radius 3 is 2.71 bits per heavy atom.